The van der Waals surface area contributed by atoms with E-state index in [-0.39, 0.29) is 24.9 Å². The molecule has 148 valence electrons. The fourth-order valence-electron chi connectivity index (χ4n) is 3.70. The van der Waals surface area contributed by atoms with Crippen LogP contribution in [0.3, 0.4) is 0 Å². The molecule has 0 N–H and O–H groups in total. The Hall–Kier alpha value is -1.53. The smallest absolute Gasteiger partial charge is 0.444 e. The average Bonchev–Trinajstić information content (AvgIpc) is 3.06. The molecule has 1 aromatic carbocycles. The second kappa shape index (κ2) is 6.82. The number of nitrogens with zero attached hydrogens (tertiary/aromatic N) is 1. The summed E-state index contributed by atoms with van der Waals surface area (Å²) in [5, 5.41) is 0. The molecule has 2 fully saturated rings. The van der Waals surface area contributed by atoms with Crippen LogP contribution in [0.4, 0.5) is 4.79 Å². The van der Waals surface area contributed by atoms with E-state index in [1.807, 2.05) is 39.0 Å². The van der Waals surface area contributed by atoms with Gasteiger partial charge in [-0.3, -0.25) is 0 Å². The Labute approximate surface area is 163 Å². The van der Waals surface area contributed by atoms with Crippen LogP contribution in [0.5, 0.6) is 0 Å². The number of likely N-dealkylation sites (tertiary alicyclic amines) is 1. The molecule has 2 heterocycles. The molecule has 0 aliphatic carbocycles. The van der Waals surface area contributed by atoms with Crippen LogP contribution in [0.15, 0.2) is 30.3 Å². The van der Waals surface area contributed by atoms with E-state index in [0.29, 0.717) is 13.1 Å². The number of carbonyl (C=O) groups is 1. The first-order valence-electron chi connectivity index (χ1n) is 9.78. The number of amides is 1. The number of ether oxygens (including phenoxy) is 1. The van der Waals surface area contributed by atoms with Gasteiger partial charge in [-0.1, -0.05) is 30.3 Å². The molecule has 27 heavy (non-hydrogen) atoms. The predicted octanol–water partition coefficient (Wildman–Crippen LogP) is 4.48. The van der Waals surface area contributed by atoms with Crippen molar-refractivity contribution in [2.75, 3.05) is 13.1 Å². The molecule has 2 aliphatic heterocycles. The molecule has 0 bridgehead atoms. The highest BCUT2D eigenvalue weighted by molar-refractivity contribution is 6.48. The summed E-state index contributed by atoms with van der Waals surface area (Å²) in [7, 11) is -0.354. The SMILES string of the molecule is CC(C)(C)OC(=O)N1C[C@H](B2OC(C)(C)C(C)(C)O2)[C@H](c2ccccc2)C1. The van der Waals surface area contributed by atoms with Gasteiger partial charge >= 0.3 is 13.2 Å². The minimum atomic E-state index is -0.512. The molecule has 1 aromatic rings. The third kappa shape index (κ3) is 4.17. The minimum Gasteiger partial charge on any atom is -0.444 e. The van der Waals surface area contributed by atoms with E-state index in [0.717, 1.165) is 0 Å². The van der Waals surface area contributed by atoms with E-state index in [9.17, 15) is 4.79 Å². The van der Waals surface area contributed by atoms with Gasteiger partial charge in [-0.15, -0.1) is 0 Å². The Kier molecular flexibility index (Phi) is 5.11. The van der Waals surface area contributed by atoms with Crippen LogP contribution in [-0.2, 0) is 14.0 Å². The zero-order valence-corrected chi connectivity index (χ0v) is 17.6. The Morgan fingerprint density at radius 1 is 1.07 bits per heavy atom. The van der Waals surface area contributed by atoms with E-state index >= 15 is 0 Å². The maximum Gasteiger partial charge on any atom is 0.463 e. The Morgan fingerprint density at radius 2 is 1.63 bits per heavy atom. The summed E-state index contributed by atoms with van der Waals surface area (Å²) in [5.41, 5.74) is -0.0959. The summed E-state index contributed by atoms with van der Waals surface area (Å²) >= 11 is 0. The highest BCUT2D eigenvalue weighted by Crippen LogP contribution is 2.47. The first-order chi connectivity index (χ1) is 12.4. The van der Waals surface area contributed by atoms with Crippen molar-refractivity contribution >= 4 is 13.2 Å². The van der Waals surface area contributed by atoms with Crippen LogP contribution in [0.2, 0.25) is 5.82 Å². The molecular formula is C21H32BNO4. The minimum absolute atomic E-state index is 0.0565. The van der Waals surface area contributed by atoms with Gasteiger partial charge < -0.3 is 18.9 Å². The van der Waals surface area contributed by atoms with Gasteiger partial charge in [0, 0.05) is 24.8 Å². The summed E-state index contributed by atoms with van der Waals surface area (Å²) in [4.78, 5) is 14.5. The van der Waals surface area contributed by atoms with Crippen molar-refractivity contribution in [1.82, 2.24) is 4.90 Å². The maximum absolute atomic E-state index is 12.7. The van der Waals surface area contributed by atoms with Gasteiger partial charge in [0.05, 0.1) is 11.2 Å². The van der Waals surface area contributed by atoms with Crippen LogP contribution in [-0.4, -0.2) is 48.0 Å². The first-order valence-corrected chi connectivity index (χ1v) is 9.78. The third-order valence-corrected chi connectivity index (χ3v) is 5.87. The number of hydrogen-bond donors (Lipinski definition) is 0. The maximum atomic E-state index is 12.7. The van der Waals surface area contributed by atoms with E-state index in [1.165, 1.54) is 5.56 Å². The highest BCUT2D eigenvalue weighted by Gasteiger charge is 2.57. The first kappa shape index (κ1) is 20.2. The lowest BCUT2D eigenvalue weighted by atomic mass is 9.65. The summed E-state index contributed by atoms with van der Waals surface area (Å²) in [6.45, 7) is 15.1. The van der Waals surface area contributed by atoms with Crippen LogP contribution < -0.4 is 0 Å². The monoisotopic (exact) mass is 373 g/mol. The van der Waals surface area contributed by atoms with Crippen molar-refractivity contribution < 1.29 is 18.8 Å². The molecule has 0 radical (unpaired) electrons. The number of hydrogen-bond acceptors (Lipinski definition) is 4. The quantitative estimate of drug-likeness (QED) is 0.717. The van der Waals surface area contributed by atoms with E-state index in [2.05, 4.69) is 39.8 Å². The molecule has 0 unspecified atom stereocenters. The van der Waals surface area contributed by atoms with Gasteiger partial charge in [-0.25, -0.2) is 4.79 Å². The van der Waals surface area contributed by atoms with Gasteiger partial charge in [0.25, 0.3) is 0 Å². The average molecular weight is 373 g/mol. The molecule has 5 nitrogen and oxygen atoms in total. The van der Waals surface area contributed by atoms with Crippen molar-refractivity contribution in [3.8, 4) is 0 Å². The summed E-state index contributed by atoms with van der Waals surface area (Å²) in [5.74, 6) is 0.203. The molecular weight excluding hydrogens is 341 g/mol. The molecule has 1 amide bonds. The Balaban J connectivity index is 1.85. The second-order valence-electron chi connectivity index (χ2n) is 9.69. The fourth-order valence-corrected chi connectivity index (χ4v) is 3.70. The lowest BCUT2D eigenvalue weighted by molar-refractivity contribution is 0.00578. The van der Waals surface area contributed by atoms with Gasteiger partial charge in [0.1, 0.15) is 5.60 Å². The van der Waals surface area contributed by atoms with Gasteiger partial charge in [0.15, 0.2) is 0 Å². The van der Waals surface area contributed by atoms with Crippen LogP contribution in [0.1, 0.15) is 59.9 Å². The lowest BCUT2D eigenvalue weighted by Crippen LogP contribution is -2.41. The van der Waals surface area contributed by atoms with E-state index < -0.39 is 16.8 Å². The van der Waals surface area contributed by atoms with Gasteiger partial charge in [-0.05, 0) is 54.0 Å². The number of carbonyl (C=O) groups excluding carboxylic acids is 1. The normalized spacial score (nSPS) is 27.1. The summed E-state index contributed by atoms with van der Waals surface area (Å²) < 4.78 is 18.3. The zero-order chi connectivity index (χ0) is 20.0. The van der Waals surface area contributed by atoms with Crippen LogP contribution in [0, 0.1) is 0 Å². The molecule has 6 heteroatoms. The standard InChI is InChI=1S/C21H32BNO4/c1-19(2,3)25-18(24)23-13-16(15-11-9-8-10-12-15)17(14-23)22-26-20(4,5)21(6,7)27-22/h8-12,16-17H,13-14H2,1-7H3/t16-,17-/m0/s1. The largest absolute Gasteiger partial charge is 0.463 e. The number of rotatable bonds is 2. The van der Waals surface area contributed by atoms with Crippen molar-refractivity contribution in [1.29, 1.82) is 0 Å². The molecule has 2 atom stereocenters. The highest BCUT2D eigenvalue weighted by atomic mass is 16.7. The van der Waals surface area contributed by atoms with Crippen LogP contribution >= 0.6 is 0 Å². The van der Waals surface area contributed by atoms with Crippen molar-refractivity contribution in [2.24, 2.45) is 0 Å². The molecule has 2 aliphatic rings. The van der Waals surface area contributed by atoms with Gasteiger partial charge in [-0.2, -0.15) is 0 Å². The Bertz CT molecular complexity index is 667. The van der Waals surface area contributed by atoms with Crippen LogP contribution in [0.25, 0.3) is 0 Å². The van der Waals surface area contributed by atoms with Gasteiger partial charge in [0.2, 0.25) is 0 Å². The molecule has 2 saturated heterocycles. The third-order valence-electron chi connectivity index (χ3n) is 5.87. The van der Waals surface area contributed by atoms with E-state index in [4.69, 9.17) is 14.0 Å². The summed E-state index contributed by atoms with van der Waals surface area (Å²) in [6, 6.07) is 10.3. The zero-order valence-electron chi connectivity index (χ0n) is 17.6. The number of benzene rings is 1. The predicted molar refractivity (Wildman–Crippen MR) is 107 cm³/mol. The Morgan fingerprint density at radius 3 is 2.15 bits per heavy atom. The van der Waals surface area contributed by atoms with Crippen molar-refractivity contribution in [2.45, 2.75) is 77.0 Å². The van der Waals surface area contributed by atoms with Crippen molar-refractivity contribution in [3.63, 3.8) is 0 Å². The molecule has 0 aromatic heterocycles. The van der Waals surface area contributed by atoms with E-state index in [1.54, 1.807) is 4.90 Å². The molecule has 0 saturated carbocycles. The molecule has 3 rings (SSSR count). The second-order valence-corrected chi connectivity index (χ2v) is 9.69. The lowest BCUT2D eigenvalue weighted by Gasteiger charge is -2.32. The summed E-state index contributed by atoms with van der Waals surface area (Å²) in [6.07, 6.45) is -0.276. The molecule has 0 spiro atoms. The fraction of sp³-hybridized carbons (Fsp3) is 0.667. The van der Waals surface area contributed by atoms with Crippen molar-refractivity contribution in [3.05, 3.63) is 35.9 Å². The topological polar surface area (TPSA) is 48.0 Å².